The van der Waals surface area contributed by atoms with Crippen molar-refractivity contribution in [1.82, 2.24) is 5.32 Å². The number of nitrogens with two attached hydrogens (primary N) is 1. The lowest BCUT2D eigenvalue weighted by Crippen LogP contribution is -2.38. The average Bonchev–Trinajstić information content (AvgIpc) is 2.10. The summed E-state index contributed by atoms with van der Waals surface area (Å²) in [5.41, 5.74) is 5.64. The van der Waals surface area contributed by atoms with Crippen LogP contribution in [0.15, 0.2) is 0 Å². The highest BCUT2D eigenvalue weighted by Crippen LogP contribution is 2.24. The Morgan fingerprint density at radius 3 is 2.21 bits per heavy atom. The standard InChI is InChI=1S/C11H24N2O/c1-8(6-12)10(14)13-7-9(2)11(3,4)5/h8-9H,6-7,12H2,1-5H3,(H,13,14). The third kappa shape index (κ3) is 4.61. The van der Waals surface area contributed by atoms with Crippen molar-refractivity contribution in [3.8, 4) is 0 Å². The molecule has 0 saturated heterocycles. The highest BCUT2D eigenvalue weighted by Gasteiger charge is 2.21. The smallest absolute Gasteiger partial charge is 0.224 e. The molecule has 2 atom stereocenters. The normalized spacial score (nSPS) is 16.1. The molecule has 1 amide bonds. The maximum Gasteiger partial charge on any atom is 0.224 e. The Kier molecular flexibility index (Phi) is 5.13. The Morgan fingerprint density at radius 1 is 1.36 bits per heavy atom. The van der Waals surface area contributed by atoms with Crippen LogP contribution in [0, 0.1) is 17.3 Å². The van der Waals surface area contributed by atoms with Gasteiger partial charge < -0.3 is 11.1 Å². The van der Waals surface area contributed by atoms with Crippen molar-refractivity contribution in [3.63, 3.8) is 0 Å². The number of hydrogen-bond donors (Lipinski definition) is 2. The van der Waals surface area contributed by atoms with E-state index in [-0.39, 0.29) is 17.2 Å². The van der Waals surface area contributed by atoms with Crippen LogP contribution in [-0.2, 0) is 4.79 Å². The van der Waals surface area contributed by atoms with Gasteiger partial charge in [-0.15, -0.1) is 0 Å². The molecule has 2 unspecified atom stereocenters. The van der Waals surface area contributed by atoms with Gasteiger partial charge in [0.05, 0.1) is 0 Å². The summed E-state index contributed by atoms with van der Waals surface area (Å²) in [5.74, 6) is 0.446. The molecule has 0 radical (unpaired) electrons. The fourth-order valence-electron chi connectivity index (χ4n) is 0.841. The van der Waals surface area contributed by atoms with E-state index in [4.69, 9.17) is 5.73 Å². The summed E-state index contributed by atoms with van der Waals surface area (Å²) in [7, 11) is 0. The van der Waals surface area contributed by atoms with Crippen molar-refractivity contribution in [2.24, 2.45) is 23.0 Å². The van der Waals surface area contributed by atoms with E-state index in [2.05, 4.69) is 33.0 Å². The molecule has 0 spiro atoms. The lowest BCUT2D eigenvalue weighted by Gasteiger charge is -2.27. The lowest BCUT2D eigenvalue weighted by atomic mass is 9.82. The molecule has 3 heteroatoms. The third-order valence-corrected chi connectivity index (χ3v) is 2.86. The molecular formula is C11H24N2O. The van der Waals surface area contributed by atoms with E-state index < -0.39 is 0 Å². The predicted molar refractivity (Wildman–Crippen MR) is 59.8 cm³/mol. The highest BCUT2D eigenvalue weighted by molar-refractivity contribution is 5.78. The summed E-state index contributed by atoms with van der Waals surface area (Å²) >= 11 is 0. The Morgan fingerprint density at radius 2 is 1.86 bits per heavy atom. The molecule has 14 heavy (non-hydrogen) atoms. The number of rotatable bonds is 4. The summed E-state index contributed by atoms with van der Waals surface area (Å²) in [6.45, 7) is 11.7. The fourth-order valence-corrected chi connectivity index (χ4v) is 0.841. The van der Waals surface area contributed by atoms with Gasteiger partial charge in [0.2, 0.25) is 5.91 Å². The van der Waals surface area contributed by atoms with E-state index in [0.717, 1.165) is 6.54 Å². The Bertz CT molecular complexity index is 184. The van der Waals surface area contributed by atoms with Crippen LogP contribution in [0.4, 0.5) is 0 Å². The van der Waals surface area contributed by atoms with Crippen LogP contribution in [0.3, 0.4) is 0 Å². The summed E-state index contributed by atoms with van der Waals surface area (Å²) in [5, 5.41) is 2.92. The maximum atomic E-state index is 11.4. The molecule has 0 heterocycles. The summed E-state index contributed by atoms with van der Waals surface area (Å²) in [6, 6.07) is 0. The maximum absolute atomic E-state index is 11.4. The molecule has 0 fully saturated rings. The first-order chi connectivity index (χ1) is 6.29. The van der Waals surface area contributed by atoms with Gasteiger partial charge in [0.25, 0.3) is 0 Å². The molecule has 0 rings (SSSR count). The second-order valence-electron chi connectivity index (χ2n) is 5.15. The van der Waals surface area contributed by atoms with Crippen LogP contribution in [0.2, 0.25) is 0 Å². The molecule has 3 nitrogen and oxygen atoms in total. The monoisotopic (exact) mass is 200 g/mol. The number of carbonyl (C=O) groups excluding carboxylic acids is 1. The Hall–Kier alpha value is -0.570. The number of hydrogen-bond acceptors (Lipinski definition) is 2. The number of carbonyl (C=O) groups is 1. The minimum atomic E-state index is -0.0813. The predicted octanol–water partition coefficient (Wildman–Crippen LogP) is 1.38. The lowest BCUT2D eigenvalue weighted by molar-refractivity contribution is -0.124. The average molecular weight is 200 g/mol. The van der Waals surface area contributed by atoms with Crippen molar-refractivity contribution in [1.29, 1.82) is 0 Å². The summed E-state index contributed by atoms with van der Waals surface area (Å²) in [4.78, 5) is 11.4. The van der Waals surface area contributed by atoms with Crippen molar-refractivity contribution in [2.45, 2.75) is 34.6 Å². The molecule has 0 bridgehead atoms. The molecular weight excluding hydrogens is 176 g/mol. The van der Waals surface area contributed by atoms with E-state index in [1.807, 2.05) is 6.92 Å². The number of amides is 1. The quantitative estimate of drug-likeness (QED) is 0.720. The topological polar surface area (TPSA) is 55.1 Å². The van der Waals surface area contributed by atoms with Gasteiger partial charge in [-0.3, -0.25) is 4.79 Å². The van der Waals surface area contributed by atoms with Crippen molar-refractivity contribution < 1.29 is 4.79 Å². The molecule has 0 aliphatic rings. The van der Waals surface area contributed by atoms with Crippen LogP contribution in [0.5, 0.6) is 0 Å². The van der Waals surface area contributed by atoms with E-state index in [0.29, 0.717) is 12.5 Å². The second-order valence-corrected chi connectivity index (χ2v) is 5.15. The van der Waals surface area contributed by atoms with Crippen molar-refractivity contribution in [2.75, 3.05) is 13.1 Å². The summed E-state index contributed by atoms with van der Waals surface area (Å²) < 4.78 is 0. The van der Waals surface area contributed by atoms with Gasteiger partial charge in [-0.1, -0.05) is 34.6 Å². The van der Waals surface area contributed by atoms with Gasteiger partial charge in [0.1, 0.15) is 0 Å². The van der Waals surface area contributed by atoms with Crippen molar-refractivity contribution in [3.05, 3.63) is 0 Å². The van der Waals surface area contributed by atoms with Gasteiger partial charge in [0.15, 0.2) is 0 Å². The van der Waals surface area contributed by atoms with Crippen LogP contribution < -0.4 is 11.1 Å². The van der Waals surface area contributed by atoms with Crippen LogP contribution >= 0.6 is 0 Å². The van der Waals surface area contributed by atoms with Gasteiger partial charge in [-0.05, 0) is 11.3 Å². The van der Waals surface area contributed by atoms with E-state index in [1.54, 1.807) is 0 Å². The SMILES string of the molecule is CC(CN)C(=O)NCC(C)C(C)(C)C. The summed E-state index contributed by atoms with van der Waals surface area (Å²) in [6.07, 6.45) is 0. The molecule has 0 saturated carbocycles. The zero-order chi connectivity index (χ0) is 11.4. The van der Waals surface area contributed by atoms with Crippen molar-refractivity contribution >= 4 is 5.91 Å². The molecule has 0 aliphatic carbocycles. The third-order valence-electron chi connectivity index (χ3n) is 2.86. The molecule has 0 aromatic rings. The zero-order valence-electron chi connectivity index (χ0n) is 10.1. The highest BCUT2D eigenvalue weighted by atomic mass is 16.1. The fraction of sp³-hybridized carbons (Fsp3) is 0.909. The van der Waals surface area contributed by atoms with Crippen LogP contribution in [-0.4, -0.2) is 19.0 Å². The minimum absolute atomic E-state index is 0.0589. The molecule has 0 aromatic heterocycles. The van der Waals surface area contributed by atoms with E-state index >= 15 is 0 Å². The number of nitrogens with one attached hydrogen (secondary N) is 1. The van der Waals surface area contributed by atoms with Gasteiger partial charge in [-0.2, -0.15) is 0 Å². The molecule has 84 valence electrons. The second kappa shape index (κ2) is 5.35. The van der Waals surface area contributed by atoms with Crippen LogP contribution in [0.25, 0.3) is 0 Å². The van der Waals surface area contributed by atoms with Crippen LogP contribution in [0.1, 0.15) is 34.6 Å². The molecule has 3 N–H and O–H groups in total. The zero-order valence-corrected chi connectivity index (χ0v) is 10.1. The first-order valence-electron chi connectivity index (χ1n) is 5.26. The Labute approximate surface area is 87.4 Å². The van der Waals surface area contributed by atoms with Gasteiger partial charge >= 0.3 is 0 Å². The molecule has 0 aliphatic heterocycles. The van der Waals surface area contributed by atoms with Gasteiger partial charge in [0, 0.05) is 19.0 Å². The van der Waals surface area contributed by atoms with E-state index in [1.165, 1.54) is 0 Å². The first kappa shape index (κ1) is 13.4. The molecule has 0 aromatic carbocycles. The Balaban J connectivity index is 3.89. The first-order valence-corrected chi connectivity index (χ1v) is 5.26. The largest absolute Gasteiger partial charge is 0.356 e. The minimum Gasteiger partial charge on any atom is -0.356 e. The van der Waals surface area contributed by atoms with Gasteiger partial charge in [-0.25, -0.2) is 0 Å². The van der Waals surface area contributed by atoms with E-state index in [9.17, 15) is 4.79 Å².